The minimum atomic E-state index is -0.394. The number of carbonyl (C=O) groups is 1. The van der Waals surface area contributed by atoms with Crippen LogP contribution in [0.1, 0.15) is 13.8 Å². The van der Waals surface area contributed by atoms with Gasteiger partial charge in [0.2, 0.25) is 5.91 Å². The predicted octanol–water partition coefficient (Wildman–Crippen LogP) is -0.447. The van der Waals surface area contributed by atoms with Crippen molar-refractivity contribution in [3.05, 3.63) is 0 Å². The third-order valence-electron chi connectivity index (χ3n) is 2.58. The van der Waals surface area contributed by atoms with Crippen LogP contribution in [-0.4, -0.2) is 42.3 Å². The zero-order valence-electron chi connectivity index (χ0n) is 7.46. The van der Waals surface area contributed by atoms with Gasteiger partial charge in [-0.3, -0.25) is 4.79 Å². The Morgan fingerprint density at radius 1 is 1.75 bits per heavy atom. The zero-order valence-corrected chi connectivity index (χ0v) is 7.46. The quantitative estimate of drug-likeness (QED) is 0.535. The third-order valence-corrected chi connectivity index (χ3v) is 2.58. The lowest BCUT2D eigenvalue weighted by Crippen LogP contribution is -2.61. The van der Waals surface area contributed by atoms with Crippen LogP contribution in [0.15, 0.2) is 0 Å². The first-order valence-electron chi connectivity index (χ1n) is 4.30. The van der Waals surface area contributed by atoms with E-state index < -0.39 is 5.72 Å². The molecule has 2 atom stereocenters. The summed E-state index contributed by atoms with van der Waals surface area (Å²) in [4.78, 5) is 13.3. The molecule has 0 aliphatic carbocycles. The number of piperazine rings is 1. The molecule has 2 fully saturated rings. The molecule has 4 nitrogen and oxygen atoms in total. The van der Waals surface area contributed by atoms with Gasteiger partial charge in [-0.25, -0.2) is 0 Å². The lowest BCUT2D eigenvalue weighted by Gasteiger charge is -2.39. The van der Waals surface area contributed by atoms with Crippen molar-refractivity contribution >= 4 is 5.91 Å². The fourth-order valence-corrected chi connectivity index (χ4v) is 2.04. The van der Waals surface area contributed by atoms with Crippen molar-refractivity contribution < 1.29 is 9.53 Å². The van der Waals surface area contributed by atoms with Gasteiger partial charge in [0.25, 0.3) is 0 Å². The van der Waals surface area contributed by atoms with Crippen molar-refractivity contribution in [3.63, 3.8) is 0 Å². The van der Waals surface area contributed by atoms with E-state index in [0.29, 0.717) is 13.2 Å². The van der Waals surface area contributed by atoms with E-state index >= 15 is 0 Å². The monoisotopic (exact) mass is 170 g/mol. The number of nitrogens with zero attached hydrogens (tertiary/aromatic N) is 1. The Morgan fingerprint density at radius 2 is 2.50 bits per heavy atom. The molecule has 68 valence electrons. The first-order valence-corrected chi connectivity index (χ1v) is 4.30. The highest BCUT2D eigenvalue weighted by atomic mass is 16.5. The molecule has 0 radical (unpaired) electrons. The van der Waals surface area contributed by atoms with Crippen LogP contribution in [0, 0.1) is 0 Å². The van der Waals surface area contributed by atoms with Gasteiger partial charge in [0, 0.05) is 6.54 Å². The van der Waals surface area contributed by atoms with Crippen LogP contribution in [0.25, 0.3) is 0 Å². The Labute approximate surface area is 71.9 Å². The summed E-state index contributed by atoms with van der Waals surface area (Å²) in [6.45, 7) is 5.82. The van der Waals surface area contributed by atoms with E-state index in [0.717, 1.165) is 6.54 Å². The lowest BCUT2D eigenvalue weighted by atomic mass is 10.1. The van der Waals surface area contributed by atoms with Crippen molar-refractivity contribution in [2.45, 2.75) is 25.6 Å². The summed E-state index contributed by atoms with van der Waals surface area (Å²) < 4.78 is 5.57. The van der Waals surface area contributed by atoms with Gasteiger partial charge >= 0.3 is 0 Å². The molecule has 0 aromatic rings. The summed E-state index contributed by atoms with van der Waals surface area (Å²) in [7, 11) is 0. The number of rotatable bonds is 0. The van der Waals surface area contributed by atoms with E-state index in [-0.39, 0.29) is 11.9 Å². The number of fused-ring (bicyclic) bond motifs is 1. The van der Waals surface area contributed by atoms with Crippen molar-refractivity contribution in [2.24, 2.45) is 0 Å². The van der Waals surface area contributed by atoms with Gasteiger partial charge in [0.15, 0.2) is 5.72 Å². The molecule has 2 rings (SSSR count). The van der Waals surface area contributed by atoms with Crippen molar-refractivity contribution in [1.82, 2.24) is 10.2 Å². The molecule has 4 heteroatoms. The van der Waals surface area contributed by atoms with Crippen LogP contribution >= 0.6 is 0 Å². The molecular weight excluding hydrogens is 156 g/mol. The molecule has 0 saturated carbocycles. The topological polar surface area (TPSA) is 41.6 Å². The number of amides is 1. The maximum absolute atomic E-state index is 11.5. The maximum atomic E-state index is 11.5. The molecule has 0 aromatic heterocycles. The summed E-state index contributed by atoms with van der Waals surface area (Å²) in [6.07, 6.45) is 0. The molecule has 2 aliphatic heterocycles. The van der Waals surface area contributed by atoms with E-state index in [2.05, 4.69) is 5.32 Å². The van der Waals surface area contributed by atoms with E-state index in [1.54, 1.807) is 0 Å². The zero-order chi connectivity index (χ0) is 8.77. The normalized spacial score (nSPS) is 41.7. The highest BCUT2D eigenvalue weighted by molar-refractivity contribution is 5.80. The maximum Gasteiger partial charge on any atom is 0.239 e. The molecule has 0 aromatic carbocycles. The fourth-order valence-electron chi connectivity index (χ4n) is 2.04. The molecule has 2 heterocycles. The second-order valence-electron chi connectivity index (χ2n) is 3.70. The van der Waals surface area contributed by atoms with Crippen molar-refractivity contribution in [1.29, 1.82) is 0 Å². The molecule has 2 saturated heterocycles. The summed E-state index contributed by atoms with van der Waals surface area (Å²) >= 11 is 0. The number of ether oxygens (including phenoxy) is 1. The molecule has 1 N–H and O–H groups in total. The largest absolute Gasteiger partial charge is 0.352 e. The molecule has 0 unspecified atom stereocenters. The highest BCUT2D eigenvalue weighted by Gasteiger charge is 2.46. The Balaban J connectivity index is 2.26. The van der Waals surface area contributed by atoms with Gasteiger partial charge in [-0.05, 0) is 13.8 Å². The minimum absolute atomic E-state index is 0.147. The average molecular weight is 170 g/mol. The number of hydrogen-bond donors (Lipinski definition) is 1. The van der Waals surface area contributed by atoms with E-state index in [4.69, 9.17) is 4.74 Å². The number of nitrogens with one attached hydrogen (secondary N) is 1. The average Bonchev–Trinajstić information content (AvgIpc) is 2.29. The van der Waals surface area contributed by atoms with E-state index in [1.807, 2.05) is 18.7 Å². The molecular formula is C8H14N2O2. The Morgan fingerprint density at radius 3 is 3.17 bits per heavy atom. The number of hydrogen-bond acceptors (Lipinski definition) is 3. The minimum Gasteiger partial charge on any atom is -0.352 e. The molecule has 0 bridgehead atoms. The molecule has 12 heavy (non-hydrogen) atoms. The lowest BCUT2D eigenvalue weighted by molar-refractivity contribution is -0.152. The Hall–Kier alpha value is -0.610. The van der Waals surface area contributed by atoms with Gasteiger partial charge < -0.3 is 15.0 Å². The van der Waals surface area contributed by atoms with Crippen LogP contribution in [0.5, 0.6) is 0 Å². The second kappa shape index (κ2) is 2.44. The van der Waals surface area contributed by atoms with Crippen molar-refractivity contribution in [3.8, 4) is 0 Å². The molecule has 1 amide bonds. The molecule has 0 spiro atoms. The first kappa shape index (κ1) is 8.01. The summed E-state index contributed by atoms with van der Waals surface area (Å²) in [5.74, 6) is 0.147. The SMILES string of the molecule is C[C@H]1CO[C@@]2(C)CNCC(=O)N12. The highest BCUT2D eigenvalue weighted by Crippen LogP contribution is 2.28. The summed E-state index contributed by atoms with van der Waals surface area (Å²) in [5, 5.41) is 3.05. The van der Waals surface area contributed by atoms with Crippen LogP contribution in [0.3, 0.4) is 0 Å². The van der Waals surface area contributed by atoms with E-state index in [1.165, 1.54) is 0 Å². The van der Waals surface area contributed by atoms with Gasteiger partial charge in [0.05, 0.1) is 19.2 Å². The fraction of sp³-hybridized carbons (Fsp3) is 0.875. The Bertz CT molecular complexity index is 215. The first-order chi connectivity index (χ1) is 5.63. The standard InChI is InChI=1S/C8H14N2O2/c1-6-4-12-8(2)5-9-3-7(11)10(6)8/h6,9H,3-5H2,1-2H3/t6-,8-/m0/s1. The van der Waals surface area contributed by atoms with Crippen LogP contribution in [-0.2, 0) is 9.53 Å². The number of carbonyl (C=O) groups excluding carboxylic acids is 1. The summed E-state index contributed by atoms with van der Waals surface area (Å²) in [6, 6.07) is 0.226. The van der Waals surface area contributed by atoms with Gasteiger partial charge in [-0.1, -0.05) is 0 Å². The smallest absolute Gasteiger partial charge is 0.239 e. The summed E-state index contributed by atoms with van der Waals surface area (Å²) in [5.41, 5.74) is -0.394. The van der Waals surface area contributed by atoms with Gasteiger partial charge in [0.1, 0.15) is 0 Å². The predicted molar refractivity (Wildman–Crippen MR) is 43.5 cm³/mol. The van der Waals surface area contributed by atoms with Crippen LogP contribution in [0.2, 0.25) is 0 Å². The van der Waals surface area contributed by atoms with E-state index in [9.17, 15) is 4.79 Å². The van der Waals surface area contributed by atoms with Crippen molar-refractivity contribution in [2.75, 3.05) is 19.7 Å². The van der Waals surface area contributed by atoms with Crippen LogP contribution in [0.4, 0.5) is 0 Å². The second-order valence-corrected chi connectivity index (χ2v) is 3.70. The molecule has 2 aliphatic rings. The Kier molecular flexibility index (Phi) is 1.63. The van der Waals surface area contributed by atoms with Gasteiger partial charge in [-0.2, -0.15) is 0 Å². The third kappa shape index (κ3) is 0.949. The van der Waals surface area contributed by atoms with Gasteiger partial charge in [-0.15, -0.1) is 0 Å². The van der Waals surface area contributed by atoms with Crippen LogP contribution < -0.4 is 5.32 Å².